The predicted molar refractivity (Wildman–Crippen MR) is 43.4 cm³/mol. The number of rotatable bonds is 2. The average molecular weight is 195 g/mol. The smallest absolute Gasteiger partial charge is 0.193 e. The van der Waals surface area contributed by atoms with Gasteiger partial charge in [-0.05, 0) is 18.2 Å². The van der Waals surface area contributed by atoms with Crippen LogP contribution in [0.5, 0.6) is 5.75 Å². The van der Waals surface area contributed by atoms with Gasteiger partial charge < -0.3 is 4.84 Å². The Hall–Kier alpha value is -1.91. The van der Waals surface area contributed by atoms with E-state index in [1.54, 1.807) is 0 Å². The molecule has 0 atom stereocenters. The van der Waals surface area contributed by atoms with Gasteiger partial charge in [-0.1, -0.05) is 4.85 Å². The molecule has 0 aliphatic carbocycles. The molecule has 0 unspecified atom stereocenters. The Balaban J connectivity index is 2.25. The topological polar surface area (TPSA) is 27.1 Å². The van der Waals surface area contributed by atoms with E-state index < -0.39 is 11.6 Å². The molecule has 0 saturated carbocycles. The van der Waals surface area contributed by atoms with Crippen molar-refractivity contribution in [3.63, 3.8) is 0 Å². The molecule has 0 bridgehead atoms. The Morgan fingerprint density at radius 2 is 2.21 bits per heavy atom. The Kier molecular flexibility index (Phi) is 2.14. The molecular weight excluding hydrogens is 190 g/mol. The minimum absolute atomic E-state index is 0.0940. The third-order valence-corrected chi connectivity index (χ3v) is 1.52. The van der Waals surface area contributed by atoms with E-state index in [1.165, 1.54) is 18.3 Å². The molecule has 0 aliphatic rings. The summed E-state index contributed by atoms with van der Waals surface area (Å²) in [7, 11) is 0. The van der Waals surface area contributed by atoms with Gasteiger partial charge in [-0.3, -0.25) is 0 Å². The summed E-state index contributed by atoms with van der Waals surface area (Å²) >= 11 is 0. The lowest BCUT2D eigenvalue weighted by molar-refractivity contribution is 0.169. The van der Waals surface area contributed by atoms with Crippen LogP contribution in [0, 0.1) is 17.8 Å². The van der Waals surface area contributed by atoms with Crippen LogP contribution in [-0.4, -0.2) is 9.94 Å². The number of halogens is 2. The molecule has 1 radical (unpaired) electrons. The zero-order valence-corrected chi connectivity index (χ0v) is 6.95. The van der Waals surface area contributed by atoms with Crippen molar-refractivity contribution >= 4 is 0 Å². The van der Waals surface area contributed by atoms with Crippen LogP contribution in [0.4, 0.5) is 8.78 Å². The minimum atomic E-state index is -0.777. The molecule has 3 nitrogen and oxygen atoms in total. The van der Waals surface area contributed by atoms with Crippen molar-refractivity contribution in [2.24, 2.45) is 0 Å². The van der Waals surface area contributed by atoms with Gasteiger partial charge >= 0.3 is 0 Å². The highest BCUT2D eigenvalue weighted by Gasteiger charge is 2.05. The molecule has 0 N–H and O–H groups in total. The normalized spacial score (nSPS) is 10.1. The SMILES string of the molecule is Fc1ccc(On2cc[c]n2)c(F)c1. The molecule has 71 valence electrons. The van der Waals surface area contributed by atoms with Gasteiger partial charge in [0.25, 0.3) is 0 Å². The molecule has 2 aromatic rings. The summed E-state index contributed by atoms with van der Waals surface area (Å²) in [4.78, 5) is 5.96. The van der Waals surface area contributed by atoms with Crippen LogP contribution in [0.25, 0.3) is 0 Å². The molecule has 14 heavy (non-hydrogen) atoms. The molecule has 1 heterocycles. The summed E-state index contributed by atoms with van der Waals surface area (Å²) in [6, 6.07) is 4.53. The first-order chi connectivity index (χ1) is 6.75. The molecular formula is C9H5F2N2O. The fourth-order valence-electron chi connectivity index (χ4n) is 0.922. The van der Waals surface area contributed by atoms with Gasteiger partial charge in [0.2, 0.25) is 0 Å². The van der Waals surface area contributed by atoms with E-state index in [0.717, 1.165) is 17.0 Å². The van der Waals surface area contributed by atoms with Crippen LogP contribution in [-0.2, 0) is 0 Å². The quantitative estimate of drug-likeness (QED) is 0.730. The Morgan fingerprint density at radius 3 is 2.86 bits per heavy atom. The summed E-state index contributed by atoms with van der Waals surface area (Å²) < 4.78 is 25.5. The molecule has 0 saturated heterocycles. The van der Waals surface area contributed by atoms with Gasteiger partial charge in [-0.2, -0.15) is 0 Å². The Bertz CT molecular complexity index is 428. The highest BCUT2D eigenvalue weighted by Crippen LogP contribution is 2.17. The van der Waals surface area contributed by atoms with E-state index in [9.17, 15) is 8.78 Å². The number of benzene rings is 1. The van der Waals surface area contributed by atoms with Crippen molar-refractivity contribution in [2.75, 3.05) is 0 Å². The molecule has 0 aliphatic heterocycles. The number of hydrogen-bond acceptors (Lipinski definition) is 2. The van der Waals surface area contributed by atoms with Crippen molar-refractivity contribution in [2.45, 2.75) is 0 Å². The van der Waals surface area contributed by atoms with E-state index in [4.69, 9.17) is 4.84 Å². The number of nitrogens with zero attached hydrogens (tertiary/aromatic N) is 2. The van der Waals surface area contributed by atoms with Gasteiger partial charge in [0.1, 0.15) is 12.0 Å². The fraction of sp³-hybridized carbons (Fsp3) is 0. The van der Waals surface area contributed by atoms with Crippen molar-refractivity contribution in [3.05, 3.63) is 48.3 Å². The zero-order valence-electron chi connectivity index (χ0n) is 6.95. The summed E-state index contributed by atoms with van der Waals surface area (Å²) in [5, 5.41) is 3.58. The summed E-state index contributed by atoms with van der Waals surface area (Å²) in [5.74, 6) is -1.52. The summed E-state index contributed by atoms with van der Waals surface area (Å²) in [5.41, 5.74) is 0. The lowest BCUT2D eigenvalue weighted by Crippen LogP contribution is -2.06. The maximum Gasteiger partial charge on any atom is 0.193 e. The fourth-order valence-corrected chi connectivity index (χ4v) is 0.922. The second-order valence-corrected chi connectivity index (χ2v) is 2.51. The lowest BCUT2D eigenvalue weighted by Gasteiger charge is -2.04. The monoisotopic (exact) mass is 195 g/mol. The van der Waals surface area contributed by atoms with E-state index >= 15 is 0 Å². The van der Waals surface area contributed by atoms with Crippen LogP contribution >= 0.6 is 0 Å². The molecule has 0 amide bonds. The zero-order chi connectivity index (χ0) is 9.97. The molecule has 5 heteroatoms. The van der Waals surface area contributed by atoms with Crippen molar-refractivity contribution in [1.29, 1.82) is 0 Å². The first-order valence-corrected chi connectivity index (χ1v) is 3.81. The average Bonchev–Trinajstić information content (AvgIpc) is 2.62. The predicted octanol–water partition coefficient (Wildman–Crippen LogP) is 1.80. The number of hydrogen-bond donors (Lipinski definition) is 0. The highest BCUT2D eigenvalue weighted by atomic mass is 19.1. The van der Waals surface area contributed by atoms with Crippen molar-refractivity contribution in [1.82, 2.24) is 9.94 Å². The molecule has 0 fully saturated rings. The van der Waals surface area contributed by atoms with E-state index in [0.29, 0.717) is 0 Å². The summed E-state index contributed by atoms with van der Waals surface area (Å²) in [6.07, 6.45) is 3.92. The van der Waals surface area contributed by atoms with Gasteiger partial charge in [0, 0.05) is 6.07 Å². The largest absolute Gasteiger partial charge is 0.355 e. The first-order valence-electron chi connectivity index (χ1n) is 3.81. The lowest BCUT2D eigenvalue weighted by atomic mass is 10.3. The summed E-state index contributed by atoms with van der Waals surface area (Å²) in [6.45, 7) is 0. The molecule has 1 aromatic carbocycles. The van der Waals surface area contributed by atoms with Crippen LogP contribution in [0.2, 0.25) is 0 Å². The van der Waals surface area contributed by atoms with Crippen LogP contribution in [0.15, 0.2) is 30.5 Å². The number of aromatic nitrogens is 2. The minimum Gasteiger partial charge on any atom is -0.355 e. The maximum absolute atomic E-state index is 13.0. The highest BCUT2D eigenvalue weighted by molar-refractivity contribution is 5.24. The van der Waals surface area contributed by atoms with Crippen LogP contribution in [0.3, 0.4) is 0 Å². The van der Waals surface area contributed by atoms with E-state index in [2.05, 4.69) is 11.3 Å². The Morgan fingerprint density at radius 1 is 1.36 bits per heavy atom. The van der Waals surface area contributed by atoms with Gasteiger partial charge in [0.15, 0.2) is 11.6 Å². The molecule has 0 spiro atoms. The Labute approximate surface area is 78.5 Å². The maximum atomic E-state index is 13.0. The second kappa shape index (κ2) is 3.45. The van der Waals surface area contributed by atoms with Crippen molar-refractivity contribution < 1.29 is 13.6 Å². The molecule has 1 aromatic heterocycles. The second-order valence-electron chi connectivity index (χ2n) is 2.51. The van der Waals surface area contributed by atoms with Gasteiger partial charge in [-0.25, -0.2) is 8.78 Å². The third kappa shape index (κ3) is 1.71. The first kappa shape index (κ1) is 8.68. The van der Waals surface area contributed by atoms with E-state index in [-0.39, 0.29) is 5.75 Å². The van der Waals surface area contributed by atoms with Gasteiger partial charge in [0.05, 0.1) is 6.20 Å². The van der Waals surface area contributed by atoms with E-state index in [1.807, 2.05) is 0 Å². The van der Waals surface area contributed by atoms with Crippen LogP contribution < -0.4 is 4.84 Å². The third-order valence-electron chi connectivity index (χ3n) is 1.52. The van der Waals surface area contributed by atoms with Crippen LogP contribution in [0.1, 0.15) is 0 Å². The standard InChI is InChI=1S/C9H5F2N2O/c10-7-2-3-9(8(11)6-7)14-13-5-1-4-12-13/h1-3,5-6H. The molecule has 2 rings (SSSR count). The van der Waals surface area contributed by atoms with Crippen molar-refractivity contribution in [3.8, 4) is 5.75 Å². The van der Waals surface area contributed by atoms with Gasteiger partial charge in [-0.15, -0.1) is 5.10 Å².